The molecule has 0 bridgehead atoms. The SMILES string of the molecule is CC[CH2][Hg].Cl. The molecule has 0 aromatic heterocycles. The monoisotopic (exact) mass is 281 g/mol. The van der Waals surface area contributed by atoms with Crippen molar-refractivity contribution in [2.75, 3.05) is 0 Å². The summed E-state index contributed by atoms with van der Waals surface area (Å²) in [4.78, 5) is 0. The molecule has 0 heterocycles. The molecule has 0 aliphatic carbocycles. The van der Waals surface area contributed by atoms with Crippen LogP contribution in [-0.4, -0.2) is 0 Å². The van der Waals surface area contributed by atoms with Gasteiger partial charge in [-0.05, 0) is 0 Å². The Morgan fingerprint density at radius 3 is 1.80 bits per heavy atom. The summed E-state index contributed by atoms with van der Waals surface area (Å²) in [5, 5.41) is 0. The summed E-state index contributed by atoms with van der Waals surface area (Å²) in [6.07, 6.45) is 1.41. The van der Waals surface area contributed by atoms with Crippen molar-refractivity contribution in [1.29, 1.82) is 0 Å². The van der Waals surface area contributed by atoms with Gasteiger partial charge < -0.3 is 0 Å². The Hall–Kier alpha value is 1.23. The van der Waals surface area contributed by atoms with E-state index in [0.29, 0.717) is 0 Å². The second kappa shape index (κ2) is 8.97. The fourth-order valence-corrected chi connectivity index (χ4v) is 0. The average molecular weight is 280 g/mol. The van der Waals surface area contributed by atoms with Crippen LogP contribution in [-0.2, 0) is 26.1 Å². The van der Waals surface area contributed by atoms with Crippen LogP contribution >= 0.6 is 12.4 Å². The van der Waals surface area contributed by atoms with Crippen molar-refractivity contribution >= 4 is 12.4 Å². The van der Waals surface area contributed by atoms with Crippen molar-refractivity contribution in [2.24, 2.45) is 0 Å². The standard InChI is InChI=1S/C3H7.ClH.Hg/c1-3-2;;/h1,3H2,2H3;1H;. The molecule has 0 saturated carbocycles. The minimum Gasteiger partial charge on any atom is -0.147 e. The third-order valence-electron chi connectivity index (χ3n) is 0.354. The molecule has 0 aliphatic rings. The first-order chi connectivity index (χ1) is 1.91. The Labute approximate surface area is 55.7 Å². The van der Waals surface area contributed by atoms with Gasteiger partial charge in [0, 0.05) is 0 Å². The molecule has 0 saturated heterocycles. The summed E-state index contributed by atoms with van der Waals surface area (Å²) < 4.78 is 1.51. The molecule has 0 radical (unpaired) electrons. The van der Waals surface area contributed by atoms with Crippen LogP contribution in [0.3, 0.4) is 0 Å². The van der Waals surface area contributed by atoms with Crippen molar-refractivity contribution in [2.45, 2.75) is 17.3 Å². The topological polar surface area (TPSA) is 0 Å². The molecule has 0 amide bonds. The van der Waals surface area contributed by atoms with E-state index < -0.39 is 0 Å². The van der Waals surface area contributed by atoms with Gasteiger partial charge in [0.1, 0.15) is 0 Å². The van der Waals surface area contributed by atoms with Crippen LogP contribution in [0.5, 0.6) is 0 Å². The van der Waals surface area contributed by atoms with E-state index in [1.807, 2.05) is 0 Å². The van der Waals surface area contributed by atoms with E-state index in [0.717, 1.165) is 26.1 Å². The van der Waals surface area contributed by atoms with Gasteiger partial charge in [0.2, 0.25) is 0 Å². The molecular formula is C3H8ClHg. The van der Waals surface area contributed by atoms with E-state index >= 15 is 0 Å². The molecule has 0 aliphatic heterocycles. The number of rotatable bonds is 1. The molecule has 0 fully saturated rings. The predicted molar refractivity (Wildman–Crippen MR) is 22.3 cm³/mol. The Kier molecular flexibility index (Phi) is 17.1. The van der Waals surface area contributed by atoms with E-state index in [4.69, 9.17) is 0 Å². The molecular weight excluding hydrogens is 272 g/mol. The zero-order valence-electron chi connectivity index (χ0n) is 3.53. The summed E-state index contributed by atoms with van der Waals surface area (Å²) in [5.41, 5.74) is 0. The fourth-order valence-electron chi connectivity index (χ4n) is 0. The summed E-state index contributed by atoms with van der Waals surface area (Å²) >= 11 is 1.07. The first-order valence-electron chi connectivity index (χ1n) is 1.71. The van der Waals surface area contributed by atoms with Crippen LogP contribution in [0, 0.1) is 0 Å². The van der Waals surface area contributed by atoms with Crippen molar-refractivity contribution < 1.29 is 26.1 Å². The minimum atomic E-state index is 0. The second-order valence-corrected chi connectivity index (χ2v) is 3.60. The molecule has 0 nitrogen and oxygen atoms in total. The van der Waals surface area contributed by atoms with Gasteiger partial charge in [-0.15, -0.1) is 12.4 Å². The smallest absolute Gasteiger partial charge is 0.147 e. The molecule has 5 heavy (non-hydrogen) atoms. The zero-order chi connectivity index (χ0) is 3.41. The first-order valence-corrected chi connectivity index (χ1v) is 5.59. The van der Waals surface area contributed by atoms with Crippen LogP contribution in [0.4, 0.5) is 0 Å². The predicted octanol–water partition coefficient (Wildman–Crippen LogP) is 1.78. The van der Waals surface area contributed by atoms with Gasteiger partial charge in [-0.3, -0.25) is 0 Å². The van der Waals surface area contributed by atoms with Crippen LogP contribution in [0.1, 0.15) is 13.3 Å². The van der Waals surface area contributed by atoms with Gasteiger partial charge >= 0.3 is 43.4 Å². The normalized spacial score (nSPS) is 6.20. The molecule has 0 atom stereocenters. The third kappa shape index (κ3) is 11.0. The molecule has 0 N–H and O–H groups in total. The number of halogens is 1. The van der Waals surface area contributed by atoms with Gasteiger partial charge in [0.05, 0.1) is 0 Å². The van der Waals surface area contributed by atoms with Crippen LogP contribution in [0.25, 0.3) is 0 Å². The summed E-state index contributed by atoms with van der Waals surface area (Å²) in [7, 11) is 0. The van der Waals surface area contributed by atoms with Crippen molar-refractivity contribution in [3.63, 3.8) is 0 Å². The maximum absolute atomic E-state index is 2.23. The van der Waals surface area contributed by atoms with Crippen molar-refractivity contribution in [1.82, 2.24) is 0 Å². The second-order valence-electron chi connectivity index (χ2n) is 0.854. The first kappa shape index (κ1) is 9.52. The zero-order valence-corrected chi connectivity index (χ0v) is 9.84. The van der Waals surface area contributed by atoms with Crippen LogP contribution in [0.2, 0.25) is 3.93 Å². The summed E-state index contributed by atoms with van der Waals surface area (Å²) in [6.45, 7) is 2.23. The molecule has 0 rings (SSSR count). The Balaban J connectivity index is 0. The van der Waals surface area contributed by atoms with Gasteiger partial charge in [0.25, 0.3) is 0 Å². The Morgan fingerprint density at radius 1 is 1.60 bits per heavy atom. The van der Waals surface area contributed by atoms with Crippen LogP contribution in [0.15, 0.2) is 0 Å². The largest absolute Gasteiger partial charge is 0.147 e. The van der Waals surface area contributed by atoms with Crippen LogP contribution < -0.4 is 0 Å². The molecule has 29 valence electrons. The quantitative estimate of drug-likeness (QED) is 0.642. The minimum absolute atomic E-state index is 0. The van der Waals surface area contributed by atoms with E-state index in [1.165, 1.54) is 10.4 Å². The van der Waals surface area contributed by atoms with Gasteiger partial charge in [0.15, 0.2) is 0 Å². The number of hydrogen-bond donors (Lipinski definition) is 0. The molecule has 0 aromatic carbocycles. The van der Waals surface area contributed by atoms with E-state index in [1.54, 1.807) is 0 Å². The Bertz CT molecular complexity index is 8.85. The molecule has 0 spiro atoms. The van der Waals surface area contributed by atoms with Crippen molar-refractivity contribution in [3.05, 3.63) is 0 Å². The summed E-state index contributed by atoms with van der Waals surface area (Å²) in [5.74, 6) is 0. The van der Waals surface area contributed by atoms with E-state index in [-0.39, 0.29) is 12.4 Å². The molecule has 2 heteroatoms. The summed E-state index contributed by atoms with van der Waals surface area (Å²) in [6, 6.07) is 0. The maximum atomic E-state index is 2.23. The molecule has 0 aromatic rings. The van der Waals surface area contributed by atoms with Gasteiger partial charge in [-0.25, -0.2) is 0 Å². The van der Waals surface area contributed by atoms with E-state index in [9.17, 15) is 0 Å². The van der Waals surface area contributed by atoms with Gasteiger partial charge in [-0.2, -0.15) is 0 Å². The van der Waals surface area contributed by atoms with Crippen molar-refractivity contribution in [3.8, 4) is 0 Å². The maximum Gasteiger partial charge on any atom is -0.147 e. The fraction of sp³-hybridized carbons (Fsp3) is 1.00. The average Bonchev–Trinajstić information content (AvgIpc) is 1.37. The molecule has 0 unspecified atom stereocenters. The van der Waals surface area contributed by atoms with E-state index in [2.05, 4.69) is 6.92 Å². The third-order valence-corrected chi connectivity index (χ3v) is 3.10. The van der Waals surface area contributed by atoms with Gasteiger partial charge in [-0.1, -0.05) is 0 Å². The number of hydrogen-bond acceptors (Lipinski definition) is 0. The Morgan fingerprint density at radius 2 is 1.80 bits per heavy atom.